The van der Waals surface area contributed by atoms with Crippen LogP contribution in [0.4, 0.5) is 0 Å². The van der Waals surface area contributed by atoms with Crippen LogP contribution in [0.15, 0.2) is 23.3 Å². The van der Waals surface area contributed by atoms with Crippen molar-refractivity contribution < 1.29 is 4.79 Å². The minimum absolute atomic E-state index is 0.308. The lowest BCUT2D eigenvalue weighted by Gasteiger charge is -2.36. The highest BCUT2D eigenvalue weighted by Gasteiger charge is 2.30. The van der Waals surface area contributed by atoms with Crippen molar-refractivity contribution in [2.45, 2.75) is 39.0 Å². The third-order valence-corrected chi connectivity index (χ3v) is 3.80. The van der Waals surface area contributed by atoms with Crippen molar-refractivity contribution in [1.29, 1.82) is 0 Å². The maximum atomic E-state index is 10.9. The van der Waals surface area contributed by atoms with Gasteiger partial charge in [-0.2, -0.15) is 0 Å². The van der Waals surface area contributed by atoms with E-state index in [1.165, 1.54) is 30.4 Å². The average molecular weight is 225 g/mol. The topological polar surface area (TPSA) is 17.1 Å². The lowest BCUT2D eigenvalue weighted by molar-refractivity contribution is -0.107. The number of carbonyl (C=O) groups excluding carboxylic acids is 1. The number of carbonyl (C=O) groups is 1. The molecule has 0 amide bonds. The van der Waals surface area contributed by atoms with E-state index in [2.05, 4.69) is 13.0 Å². The zero-order valence-corrected chi connectivity index (χ0v) is 9.89. The Bertz CT molecular complexity index is 327. The summed E-state index contributed by atoms with van der Waals surface area (Å²) < 4.78 is 0. The van der Waals surface area contributed by atoms with Gasteiger partial charge in [-0.1, -0.05) is 17.2 Å². The first-order valence-corrected chi connectivity index (χ1v) is 6.10. The van der Waals surface area contributed by atoms with Crippen molar-refractivity contribution in [3.8, 4) is 0 Å². The SMILES string of the molecule is CC1=CC[C@H]2/C(=C/C(=O)Cl)CCC[C@@H]2C1. The van der Waals surface area contributed by atoms with E-state index in [-0.39, 0.29) is 5.24 Å². The summed E-state index contributed by atoms with van der Waals surface area (Å²) in [6.45, 7) is 2.21. The van der Waals surface area contributed by atoms with Crippen LogP contribution in [0, 0.1) is 11.8 Å². The van der Waals surface area contributed by atoms with Crippen molar-refractivity contribution in [3.63, 3.8) is 0 Å². The number of allylic oxidation sites excluding steroid dienone is 4. The fraction of sp³-hybridized carbons (Fsp3) is 0.615. The summed E-state index contributed by atoms with van der Waals surface area (Å²) in [5.74, 6) is 1.34. The lowest BCUT2D eigenvalue weighted by atomic mass is 9.69. The molecule has 15 heavy (non-hydrogen) atoms. The van der Waals surface area contributed by atoms with Gasteiger partial charge in [-0.05, 0) is 68.5 Å². The van der Waals surface area contributed by atoms with Gasteiger partial charge in [0.1, 0.15) is 0 Å². The van der Waals surface area contributed by atoms with E-state index in [9.17, 15) is 4.79 Å². The number of halogens is 1. The Hall–Kier alpha value is -0.560. The molecule has 0 unspecified atom stereocenters. The van der Waals surface area contributed by atoms with Gasteiger partial charge in [0.15, 0.2) is 0 Å². The Morgan fingerprint density at radius 1 is 1.60 bits per heavy atom. The van der Waals surface area contributed by atoms with Gasteiger partial charge in [-0.15, -0.1) is 0 Å². The first kappa shape index (κ1) is 10.9. The Morgan fingerprint density at radius 2 is 2.40 bits per heavy atom. The van der Waals surface area contributed by atoms with Gasteiger partial charge in [0.25, 0.3) is 0 Å². The highest BCUT2D eigenvalue weighted by Crippen LogP contribution is 2.42. The molecule has 0 aromatic heterocycles. The largest absolute Gasteiger partial charge is 0.276 e. The highest BCUT2D eigenvalue weighted by molar-refractivity contribution is 6.66. The normalized spacial score (nSPS) is 33.5. The molecule has 0 aliphatic heterocycles. The smallest absolute Gasteiger partial charge is 0.245 e. The molecule has 2 heteroatoms. The zero-order chi connectivity index (χ0) is 10.8. The fourth-order valence-electron chi connectivity index (χ4n) is 3.00. The molecule has 1 fully saturated rings. The van der Waals surface area contributed by atoms with Crippen LogP contribution in [0.1, 0.15) is 39.0 Å². The van der Waals surface area contributed by atoms with Crippen LogP contribution in [0.2, 0.25) is 0 Å². The molecule has 0 bridgehead atoms. The van der Waals surface area contributed by atoms with Gasteiger partial charge in [0, 0.05) is 0 Å². The molecule has 2 rings (SSSR count). The van der Waals surface area contributed by atoms with E-state index < -0.39 is 0 Å². The molecule has 0 saturated heterocycles. The number of fused-ring (bicyclic) bond motifs is 1. The summed E-state index contributed by atoms with van der Waals surface area (Å²) in [5.41, 5.74) is 2.80. The molecule has 0 aromatic rings. The first-order valence-electron chi connectivity index (χ1n) is 5.72. The van der Waals surface area contributed by atoms with E-state index in [4.69, 9.17) is 11.6 Å². The molecule has 0 N–H and O–H groups in total. The van der Waals surface area contributed by atoms with Gasteiger partial charge in [0.05, 0.1) is 0 Å². The van der Waals surface area contributed by atoms with Crippen molar-refractivity contribution in [1.82, 2.24) is 0 Å². The van der Waals surface area contributed by atoms with Crippen LogP contribution in [0.5, 0.6) is 0 Å². The Kier molecular flexibility index (Phi) is 3.30. The third-order valence-electron chi connectivity index (χ3n) is 3.69. The van der Waals surface area contributed by atoms with E-state index >= 15 is 0 Å². The summed E-state index contributed by atoms with van der Waals surface area (Å²) in [6, 6.07) is 0. The van der Waals surface area contributed by atoms with Crippen LogP contribution in [0.3, 0.4) is 0 Å². The second-order valence-corrected chi connectivity index (χ2v) is 5.14. The van der Waals surface area contributed by atoms with Crippen molar-refractivity contribution >= 4 is 16.8 Å². The molecule has 0 aromatic carbocycles. The van der Waals surface area contributed by atoms with Crippen LogP contribution < -0.4 is 0 Å². The van der Waals surface area contributed by atoms with Crippen LogP contribution in [-0.2, 0) is 4.79 Å². The Balaban J connectivity index is 2.18. The number of rotatable bonds is 1. The second kappa shape index (κ2) is 4.52. The lowest BCUT2D eigenvalue weighted by Crippen LogP contribution is -2.24. The third kappa shape index (κ3) is 2.52. The van der Waals surface area contributed by atoms with Gasteiger partial charge in [0.2, 0.25) is 5.24 Å². The van der Waals surface area contributed by atoms with Gasteiger partial charge < -0.3 is 0 Å². The predicted octanol–water partition coefficient (Wildman–Crippen LogP) is 3.83. The minimum atomic E-state index is -0.308. The quantitative estimate of drug-likeness (QED) is 0.376. The van der Waals surface area contributed by atoms with Crippen LogP contribution in [0.25, 0.3) is 0 Å². The second-order valence-electron chi connectivity index (χ2n) is 4.77. The summed E-state index contributed by atoms with van der Waals surface area (Å²) in [5, 5.41) is -0.308. The number of hydrogen-bond donors (Lipinski definition) is 0. The molecular weight excluding hydrogens is 208 g/mol. The number of hydrogen-bond acceptors (Lipinski definition) is 1. The maximum absolute atomic E-state index is 10.9. The molecule has 1 saturated carbocycles. The van der Waals surface area contributed by atoms with Crippen molar-refractivity contribution in [2.24, 2.45) is 11.8 Å². The average Bonchev–Trinajstić information content (AvgIpc) is 2.16. The molecule has 0 spiro atoms. The van der Waals surface area contributed by atoms with E-state index in [0.717, 1.165) is 18.8 Å². The standard InChI is InChI=1S/C13H17ClO/c1-9-5-6-12-10(7-9)3-2-4-11(12)8-13(14)15/h5,8,10,12H,2-4,6-7H2,1H3/b11-8+/t10-,12-/m1/s1. The molecule has 82 valence electrons. The molecule has 2 aliphatic carbocycles. The summed E-state index contributed by atoms with van der Waals surface area (Å²) in [4.78, 5) is 10.9. The maximum Gasteiger partial charge on any atom is 0.245 e. The minimum Gasteiger partial charge on any atom is -0.276 e. The monoisotopic (exact) mass is 224 g/mol. The van der Waals surface area contributed by atoms with Gasteiger partial charge in [-0.25, -0.2) is 0 Å². The first-order chi connectivity index (χ1) is 7.16. The summed E-state index contributed by atoms with van der Waals surface area (Å²) >= 11 is 5.44. The summed E-state index contributed by atoms with van der Waals surface area (Å²) in [7, 11) is 0. The van der Waals surface area contributed by atoms with Crippen LogP contribution in [-0.4, -0.2) is 5.24 Å². The Morgan fingerprint density at radius 3 is 3.13 bits per heavy atom. The van der Waals surface area contributed by atoms with Gasteiger partial charge >= 0.3 is 0 Å². The van der Waals surface area contributed by atoms with Crippen LogP contribution >= 0.6 is 11.6 Å². The zero-order valence-electron chi connectivity index (χ0n) is 9.13. The Labute approximate surface area is 96.2 Å². The fourth-order valence-corrected chi connectivity index (χ4v) is 3.14. The van der Waals surface area contributed by atoms with E-state index in [1.807, 2.05) is 0 Å². The predicted molar refractivity (Wildman–Crippen MR) is 62.8 cm³/mol. The molecule has 1 nitrogen and oxygen atoms in total. The van der Waals surface area contributed by atoms with Crippen molar-refractivity contribution in [2.75, 3.05) is 0 Å². The molecule has 0 radical (unpaired) electrons. The van der Waals surface area contributed by atoms with Gasteiger partial charge in [-0.3, -0.25) is 4.79 Å². The molecule has 0 heterocycles. The molecule has 2 aliphatic rings. The van der Waals surface area contributed by atoms with E-state index in [0.29, 0.717) is 5.92 Å². The highest BCUT2D eigenvalue weighted by atomic mass is 35.5. The molecular formula is C13H17ClO. The van der Waals surface area contributed by atoms with E-state index in [1.54, 1.807) is 6.08 Å². The van der Waals surface area contributed by atoms with Crippen molar-refractivity contribution in [3.05, 3.63) is 23.3 Å². The summed E-state index contributed by atoms with van der Waals surface area (Å²) in [6.07, 6.45) is 9.87. The molecule has 2 atom stereocenters.